The molecular formula is C22H19BrN2O. The molecule has 3 nitrogen and oxygen atoms in total. The molecule has 3 aromatic rings. The van der Waals surface area contributed by atoms with E-state index < -0.39 is 0 Å². The van der Waals surface area contributed by atoms with Crippen molar-refractivity contribution in [3.63, 3.8) is 0 Å². The molecule has 1 atom stereocenters. The minimum Gasteiger partial charge on any atom is -0.344 e. The summed E-state index contributed by atoms with van der Waals surface area (Å²) in [5, 5.41) is 3.08. The predicted octanol–water partition coefficient (Wildman–Crippen LogP) is 5.50. The van der Waals surface area contributed by atoms with E-state index in [1.54, 1.807) is 0 Å². The summed E-state index contributed by atoms with van der Waals surface area (Å²) in [5.74, 6) is -0.225. The number of fused-ring (bicyclic) bond motifs is 2. The van der Waals surface area contributed by atoms with Gasteiger partial charge in [0.1, 0.15) is 0 Å². The lowest BCUT2D eigenvalue weighted by Gasteiger charge is -2.22. The van der Waals surface area contributed by atoms with Gasteiger partial charge in [0.15, 0.2) is 0 Å². The van der Waals surface area contributed by atoms with Gasteiger partial charge >= 0.3 is 0 Å². The van der Waals surface area contributed by atoms with Crippen LogP contribution in [0.3, 0.4) is 0 Å². The van der Waals surface area contributed by atoms with E-state index in [0.717, 1.165) is 27.1 Å². The number of benzene rings is 3. The van der Waals surface area contributed by atoms with Crippen LogP contribution in [-0.4, -0.2) is 13.0 Å². The van der Waals surface area contributed by atoms with Crippen LogP contribution in [0.4, 0.5) is 17.1 Å². The van der Waals surface area contributed by atoms with Gasteiger partial charge in [0, 0.05) is 28.6 Å². The highest BCUT2D eigenvalue weighted by molar-refractivity contribution is 9.10. The van der Waals surface area contributed by atoms with Gasteiger partial charge in [0.2, 0.25) is 5.91 Å². The molecular weight excluding hydrogens is 388 g/mol. The smallest absolute Gasteiger partial charge is 0.232 e. The third-order valence-electron chi connectivity index (χ3n) is 4.86. The van der Waals surface area contributed by atoms with Gasteiger partial charge < -0.3 is 10.2 Å². The monoisotopic (exact) mass is 406 g/mol. The molecule has 0 bridgehead atoms. The third-order valence-corrected chi connectivity index (χ3v) is 5.35. The van der Waals surface area contributed by atoms with Crippen LogP contribution in [0, 0.1) is 0 Å². The molecule has 0 radical (unpaired) electrons. The number of hydrogen-bond acceptors (Lipinski definition) is 2. The number of anilines is 3. The van der Waals surface area contributed by atoms with Gasteiger partial charge in [-0.1, -0.05) is 58.4 Å². The number of halogens is 1. The van der Waals surface area contributed by atoms with E-state index in [1.807, 2.05) is 48.5 Å². The highest BCUT2D eigenvalue weighted by Crippen LogP contribution is 2.40. The van der Waals surface area contributed by atoms with Crippen molar-refractivity contribution in [3.8, 4) is 0 Å². The van der Waals surface area contributed by atoms with E-state index >= 15 is 0 Å². The molecule has 0 fully saturated rings. The number of nitrogens with one attached hydrogen (secondary N) is 1. The number of amides is 1. The maximum Gasteiger partial charge on any atom is 0.232 e. The molecule has 0 aliphatic carbocycles. The first-order valence-electron chi connectivity index (χ1n) is 8.60. The average molecular weight is 407 g/mol. The Morgan fingerprint density at radius 2 is 1.73 bits per heavy atom. The molecule has 1 heterocycles. The van der Waals surface area contributed by atoms with Crippen LogP contribution in [0.1, 0.15) is 17.0 Å². The summed E-state index contributed by atoms with van der Waals surface area (Å²) in [5.41, 5.74) is 5.26. The Kier molecular flexibility index (Phi) is 4.51. The number of rotatable bonds is 2. The molecule has 130 valence electrons. The van der Waals surface area contributed by atoms with Gasteiger partial charge in [-0.15, -0.1) is 0 Å². The van der Waals surface area contributed by atoms with E-state index in [0.29, 0.717) is 6.42 Å². The molecule has 0 saturated heterocycles. The van der Waals surface area contributed by atoms with Crippen molar-refractivity contribution >= 4 is 38.9 Å². The lowest BCUT2D eigenvalue weighted by Crippen LogP contribution is -2.23. The molecule has 1 amide bonds. The zero-order chi connectivity index (χ0) is 18.1. The largest absolute Gasteiger partial charge is 0.344 e. The van der Waals surface area contributed by atoms with Crippen molar-refractivity contribution in [1.29, 1.82) is 0 Å². The lowest BCUT2D eigenvalue weighted by atomic mass is 9.91. The van der Waals surface area contributed by atoms with Crippen molar-refractivity contribution in [1.82, 2.24) is 0 Å². The van der Waals surface area contributed by atoms with Gasteiger partial charge in [0.05, 0.1) is 5.92 Å². The molecule has 1 aliphatic rings. The Morgan fingerprint density at radius 1 is 1.00 bits per heavy atom. The second kappa shape index (κ2) is 6.96. The Hall–Kier alpha value is -2.59. The van der Waals surface area contributed by atoms with E-state index in [2.05, 4.69) is 57.5 Å². The fraction of sp³-hybridized carbons (Fsp3) is 0.136. The zero-order valence-corrected chi connectivity index (χ0v) is 16.0. The Labute approximate surface area is 161 Å². The van der Waals surface area contributed by atoms with Crippen molar-refractivity contribution in [2.24, 2.45) is 0 Å². The second-order valence-electron chi connectivity index (χ2n) is 6.50. The van der Waals surface area contributed by atoms with Gasteiger partial charge in [-0.25, -0.2) is 0 Å². The highest BCUT2D eigenvalue weighted by atomic mass is 79.9. The quantitative estimate of drug-likeness (QED) is 0.609. The molecule has 0 spiro atoms. The number of para-hydroxylation sites is 2. The first kappa shape index (κ1) is 16.9. The van der Waals surface area contributed by atoms with Gasteiger partial charge in [0.25, 0.3) is 0 Å². The molecule has 3 aromatic carbocycles. The van der Waals surface area contributed by atoms with Crippen molar-refractivity contribution in [3.05, 3.63) is 88.4 Å². The summed E-state index contributed by atoms with van der Waals surface area (Å²) < 4.78 is 0.946. The Balaban J connectivity index is 1.75. The van der Waals surface area contributed by atoms with E-state index in [-0.39, 0.29) is 11.8 Å². The van der Waals surface area contributed by atoms with Crippen molar-refractivity contribution in [2.45, 2.75) is 12.3 Å². The summed E-state index contributed by atoms with van der Waals surface area (Å²) in [6.45, 7) is 0. The van der Waals surface area contributed by atoms with Crippen LogP contribution < -0.4 is 10.2 Å². The van der Waals surface area contributed by atoms with Crippen LogP contribution >= 0.6 is 15.9 Å². The number of nitrogens with zero attached hydrogens (tertiary/aromatic N) is 1. The van der Waals surface area contributed by atoms with Crippen LogP contribution in [0.15, 0.2) is 77.3 Å². The highest BCUT2D eigenvalue weighted by Gasteiger charge is 2.29. The van der Waals surface area contributed by atoms with Gasteiger partial charge in [-0.3, -0.25) is 4.79 Å². The van der Waals surface area contributed by atoms with Crippen LogP contribution in [0.2, 0.25) is 0 Å². The number of carbonyl (C=O) groups is 1. The molecule has 4 rings (SSSR count). The molecule has 1 aliphatic heterocycles. The van der Waals surface area contributed by atoms with Crippen molar-refractivity contribution < 1.29 is 4.79 Å². The van der Waals surface area contributed by atoms with Crippen molar-refractivity contribution in [2.75, 3.05) is 17.3 Å². The minimum absolute atomic E-state index is 0.0145. The van der Waals surface area contributed by atoms with Gasteiger partial charge in [-0.2, -0.15) is 0 Å². The fourth-order valence-electron chi connectivity index (χ4n) is 3.59. The van der Waals surface area contributed by atoms with E-state index in [9.17, 15) is 4.79 Å². The SMILES string of the molecule is CN1c2ccccc2CC(C(=O)Nc2cccc(Br)c2)c2ccccc21. The molecule has 0 aromatic heterocycles. The van der Waals surface area contributed by atoms with E-state index in [4.69, 9.17) is 0 Å². The molecule has 0 saturated carbocycles. The maximum atomic E-state index is 13.2. The molecule has 26 heavy (non-hydrogen) atoms. The standard InChI is InChI=1S/C22H19BrN2O/c1-25-20-11-4-2-7-15(20)13-19(18-10-3-5-12-21(18)25)22(26)24-17-9-6-8-16(23)14-17/h2-12,14,19H,13H2,1H3,(H,24,26). The number of carbonyl (C=O) groups excluding carboxylic acids is 1. The zero-order valence-electron chi connectivity index (χ0n) is 14.4. The molecule has 1 N–H and O–H groups in total. The predicted molar refractivity (Wildman–Crippen MR) is 110 cm³/mol. The first-order valence-corrected chi connectivity index (χ1v) is 9.40. The summed E-state index contributed by atoms with van der Waals surface area (Å²) in [6, 6.07) is 24.1. The van der Waals surface area contributed by atoms with E-state index in [1.165, 1.54) is 5.56 Å². The minimum atomic E-state index is -0.240. The fourth-order valence-corrected chi connectivity index (χ4v) is 3.99. The second-order valence-corrected chi connectivity index (χ2v) is 7.42. The Morgan fingerprint density at radius 3 is 2.54 bits per heavy atom. The lowest BCUT2D eigenvalue weighted by molar-refractivity contribution is -0.117. The third kappa shape index (κ3) is 3.13. The molecule has 1 unspecified atom stereocenters. The summed E-state index contributed by atoms with van der Waals surface area (Å²) in [6.07, 6.45) is 0.678. The summed E-state index contributed by atoms with van der Waals surface area (Å²) in [4.78, 5) is 15.3. The van der Waals surface area contributed by atoms with Crippen LogP contribution in [-0.2, 0) is 11.2 Å². The first-order chi connectivity index (χ1) is 12.6. The summed E-state index contributed by atoms with van der Waals surface area (Å²) in [7, 11) is 2.06. The number of hydrogen-bond donors (Lipinski definition) is 1. The normalized spacial score (nSPS) is 15.6. The maximum absolute atomic E-state index is 13.2. The average Bonchev–Trinajstić information content (AvgIpc) is 2.77. The van der Waals surface area contributed by atoms with Gasteiger partial charge in [-0.05, 0) is 47.9 Å². The Bertz CT molecular complexity index is 970. The van der Waals surface area contributed by atoms with Crippen LogP contribution in [0.5, 0.6) is 0 Å². The topological polar surface area (TPSA) is 32.3 Å². The molecule has 4 heteroatoms. The van der Waals surface area contributed by atoms with Crippen LogP contribution in [0.25, 0.3) is 0 Å². The summed E-state index contributed by atoms with van der Waals surface area (Å²) >= 11 is 3.46.